The molecule has 0 unspecified atom stereocenters. The van der Waals surface area contributed by atoms with Gasteiger partial charge in [-0.2, -0.15) is 0 Å². The Morgan fingerprint density at radius 3 is 1.73 bits per heavy atom. The Morgan fingerprint density at radius 2 is 1.47 bits per heavy atom. The zero-order valence-electron chi connectivity index (χ0n) is 11.5. The largest absolute Gasteiger partial charge is 0.520 e. The highest BCUT2D eigenvalue weighted by atomic mass is 28.4. The quantitative estimate of drug-likeness (QED) is 0.707. The fourth-order valence-electron chi connectivity index (χ4n) is 1.00. The second-order valence-electron chi connectivity index (χ2n) is 6.90. The van der Waals surface area contributed by atoms with E-state index >= 15 is 0 Å². The summed E-state index contributed by atoms with van der Waals surface area (Å²) in [6, 6.07) is 0.640. The summed E-state index contributed by atoms with van der Waals surface area (Å²) in [5.41, 5.74) is 0. The fourth-order valence-corrected chi connectivity index (χ4v) is 3.23. The van der Waals surface area contributed by atoms with Crippen molar-refractivity contribution < 1.29 is 9.22 Å². The molecule has 0 heterocycles. The molecule has 0 aromatic rings. The number of hydrogen-bond acceptors (Lipinski definition) is 2. The van der Waals surface area contributed by atoms with Crippen LogP contribution in [-0.2, 0) is 9.22 Å². The van der Waals surface area contributed by atoms with Crippen molar-refractivity contribution >= 4 is 22.4 Å². The lowest BCUT2D eigenvalue weighted by Crippen LogP contribution is -2.41. The molecule has 0 bridgehead atoms. The minimum Gasteiger partial charge on any atom is -0.520 e. The maximum atomic E-state index is 11.8. The summed E-state index contributed by atoms with van der Waals surface area (Å²) in [5.74, 6) is 0.0146. The van der Waals surface area contributed by atoms with Crippen LogP contribution in [-0.4, -0.2) is 22.4 Å². The van der Waals surface area contributed by atoms with Gasteiger partial charge in [-0.15, -0.1) is 0 Å². The molecule has 0 aromatic heterocycles. The molecular formula is C11H26O2Si2. The van der Waals surface area contributed by atoms with Crippen LogP contribution in [0.5, 0.6) is 0 Å². The molecule has 0 aromatic carbocycles. The second kappa shape index (κ2) is 4.41. The number of rotatable bonds is 3. The maximum absolute atomic E-state index is 11.8. The van der Waals surface area contributed by atoms with E-state index in [1.165, 1.54) is 0 Å². The normalized spacial score (nSPS) is 13.9. The standard InChI is InChI=1S/C11H26O2Si2/c1-11(2,3)15(7,8)9-10(12)13-14(4,5)6/h9H2,1-8H3. The van der Waals surface area contributed by atoms with Gasteiger partial charge in [0.25, 0.3) is 5.97 Å². The Bertz CT molecular complexity index is 234. The Balaban J connectivity index is 4.43. The molecule has 0 spiro atoms. The van der Waals surface area contributed by atoms with E-state index in [0.29, 0.717) is 6.04 Å². The van der Waals surface area contributed by atoms with Crippen molar-refractivity contribution in [1.29, 1.82) is 0 Å². The summed E-state index contributed by atoms with van der Waals surface area (Å²) in [6.07, 6.45) is 0. The van der Waals surface area contributed by atoms with Crippen LogP contribution in [0.15, 0.2) is 0 Å². The van der Waals surface area contributed by atoms with Crippen LogP contribution in [0.2, 0.25) is 43.8 Å². The molecule has 0 aliphatic carbocycles. The van der Waals surface area contributed by atoms with E-state index in [4.69, 9.17) is 4.43 Å². The number of carbonyl (C=O) groups is 1. The highest BCUT2D eigenvalue weighted by Crippen LogP contribution is 2.38. The van der Waals surface area contributed by atoms with E-state index in [2.05, 4.69) is 53.5 Å². The Labute approximate surface area is 96.5 Å². The SMILES string of the molecule is CC(C)(C)[Si](C)(C)CC(=O)O[Si](C)(C)C. The third kappa shape index (κ3) is 5.51. The van der Waals surface area contributed by atoms with Crippen molar-refractivity contribution in [2.24, 2.45) is 0 Å². The summed E-state index contributed by atoms with van der Waals surface area (Å²) in [6.45, 7) is 17.4. The van der Waals surface area contributed by atoms with Crippen LogP contribution in [0, 0.1) is 0 Å². The van der Waals surface area contributed by atoms with Gasteiger partial charge >= 0.3 is 0 Å². The molecule has 90 valence electrons. The average molecular weight is 246 g/mol. The molecule has 0 aliphatic rings. The van der Waals surface area contributed by atoms with Gasteiger partial charge in [0.1, 0.15) is 0 Å². The molecule has 0 amide bonds. The van der Waals surface area contributed by atoms with Gasteiger partial charge < -0.3 is 4.43 Å². The van der Waals surface area contributed by atoms with E-state index in [1.807, 2.05) is 0 Å². The van der Waals surface area contributed by atoms with E-state index in [-0.39, 0.29) is 11.0 Å². The van der Waals surface area contributed by atoms with Crippen molar-refractivity contribution in [3.05, 3.63) is 0 Å². The smallest absolute Gasteiger partial charge is 0.289 e. The molecule has 0 saturated carbocycles. The van der Waals surface area contributed by atoms with E-state index in [9.17, 15) is 4.79 Å². The summed E-state index contributed by atoms with van der Waals surface area (Å²) >= 11 is 0. The highest BCUT2D eigenvalue weighted by molar-refractivity contribution is 6.83. The lowest BCUT2D eigenvalue weighted by Gasteiger charge is -2.36. The predicted octanol–water partition coefficient (Wildman–Crippen LogP) is 3.87. The van der Waals surface area contributed by atoms with Gasteiger partial charge in [-0.3, -0.25) is 4.79 Å². The van der Waals surface area contributed by atoms with E-state index < -0.39 is 16.4 Å². The first kappa shape index (κ1) is 14.9. The predicted molar refractivity (Wildman–Crippen MR) is 71.4 cm³/mol. The first-order valence-corrected chi connectivity index (χ1v) is 12.2. The van der Waals surface area contributed by atoms with Crippen LogP contribution in [0.4, 0.5) is 0 Å². The summed E-state index contributed by atoms with van der Waals surface area (Å²) in [7, 11) is -3.23. The van der Waals surface area contributed by atoms with Gasteiger partial charge in [0.2, 0.25) is 8.32 Å². The van der Waals surface area contributed by atoms with Gasteiger partial charge in [0.05, 0.1) is 8.07 Å². The Morgan fingerprint density at radius 1 is 1.07 bits per heavy atom. The van der Waals surface area contributed by atoms with Crippen molar-refractivity contribution in [2.45, 2.75) is 64.6 Å². The first-order chi connectivity index (χ1) is 6.35. The van der Waals surface area contributed by atoms with Crippen LogP contribution in [0.25, 0.3) is 0 Å². The topological polar surface area (TPSA) is 26.3 Å². The molecule has 2 nitrogen and oxygen atoms in total. The molecule has 0 saturated heterocycles. The minimum absolute atomic E-state index is 0.0146. The number of hydrogen-bond donors (Lipinski definition) is 0. The summed E-state index contributed by atoms with van der Waals surface area (Å²) in [5, 5.41) is 0.255. The molecule has 15 heavy (non-hydrogen) atoms. The van der Waals surface area contributed by atoms with Crippen molar-refractivity contribution in [3.63, 3.8) is 0 Å². The van der Waals surface area contributed by atoms with Gasteiger partial charge in [-0.25, -0.2) is 0 Å². The molecule has 4 heteroatoms. The van der Waals surface area contributed by atoms with Crippen LogP contribution < -0.4 is 0 Å². The molecular weight excluding hydrogens is 220 g/mol. The van der Waals surface area contributed by atoms with Crippen molar-refractivity contribution in [3.8, 4) is 0 Å². The van der Waals surface area contributed by atoms with Crippen LogP contribution >= 0.6 is 0 Å². The fraction of sp³-hybridized carbons (Fsp3) is 0.909. The molecule has 0 N–H and O–H groups in total. The van der Waals surface area contributed by atoms with E-state index in [0.717, 1.165) is 0 Å². The van der Waals surface area contributed by atoms with E-state index in [1.54, 1.807) is 0 Å². The van der Waals surface area contributed by atoms with Crippen LogP contribution in [0.3, 0.4) is 0 Å². The molecule has 0 rings (SSSR count). The lowest BCUT2D eigenvalue weighted by atomic mass is 10.2. The third-order valence-corrected chi connectivity index (χ3v) is 9.11. The van der Waals surface area contributed by atoms with Crippen LogP contribution in [0.1, 0.15) is 20.8 Å². The average Bonchev–Trinajstić information content (AvgIpc) is 1.75. The summed E-state index contributed by atoms with van der Waals surface area (Å²) < 4.78 is 5.50. The zero-order chi connectivity index (χ0) is 12.5. The van der Waals surface area contributed by atoms with Gasteiger partial charge in [-0.05, 0) is 24.7 Å². The van der Waals surface area contributed by atoms with Gasteiger partial charge in [0, 0.05) is 6.04 Å². The number of carbonyl (C=O) groups excluding carboxylic acids is 1. The maximum Gasteiger partial charge on any atom is 0.289 e. The van der Waals surface area contributed by atoms with Gasteiger partial charge in [0.15, 0.2) is 0 Å². The highest BCUT2D eigenvalue weighted by Gasteiger charge is 2.38. The zero-order valence-corrected chi connectivity index (χ0v) is 13.5. The molecule has 0 radical (unpaired) electrons. The molecule has 0 atom stereocenters. The first-order valence-electron chi connectivity index (χ1n) is 5.57. The monoisotopic (exact) mass is 246 g/mol. The summed E-state index contributed by atoms with van der Waals surface area (Å²) in [4.78, 5) is 11.8. The van der Waals surface area contributed by atoms with Crippen molar-refractivity contribution in [1.82, 2.24) is 0 Å². The minimum atomic E-state index is -1.71. The Hall–Kier alpha value is -0.0962. The third-order valence-electron chi connectivity index (χ3n) is 3.04. The van der Waals surface area contributed by atoms with Gasteiger partial charge in [-0.1, -0.05) is 33.9 Å². The molecule has 0 aliphatic heterocycles. The van der Waals surface area contributed by atoms with Crippen molar-refractivity contribution in [2.75, 3.05) is 0 Å². The Kier molecular flexibility index (Phi) is 4.38. The second-order valence-corrected chi connectivity index (χ2v) is 16.9. The molecule has 0 fully saturated rings. The lowest BCUT2D eigenvalue weighted by molar-refractivity contribution is -0.132.